The summed E-state index contributed by atoms with van der Waals surface area (Å²) in [6.07, 6.45) is 4.19. The van der Waals surface area contributed by atoms with Crippen molar-refractivity contribution in [3.05, 3.63) is 11.6 Å². The number of aliphatic hydroxyl groups excluding tert-OH is 1. The van der Waals surface area contributed by atoms with Crippen LogP contribution in [0.25, 0.3) is 0 Å². The van der Waals surface area contributed by atoms with Crippen molar-refractivity contribution in [2.75, 3.05) is 50.7 Å². The number of thiazole rings is 1. The van der Waals surface area contributed by atoms with Crippen molar-refractivity contribution < 1.29 is 5.11 Å². The number of piperazine rings is 1. The van der Waals surface area contributed by atoms with Crippen LogP contribution in [0.1, 0.15) is 26.7 Å². The van der Waals surface area contributed by atoms with Gasteiger partial charge < -0.3 is 14.9 Å². The third-order valence-electron chi connectivity index (χ3n) is 5.19. The van der Waals surface area contributed by atoms with E-state index in [1.54, 1.807) is 11.3 Å². The molecular weight excluding hydrogens is 308 g/mol. The van der Waals surface area contributed by atoms with Gasteiger partial charge in [0.15, 0.2) is 5.13 Å². The second-order valence-corrected chi connectivity index (χ2v) is 8.13. The Kier molecular flexibility index (Phi) is 5.91. The van der Waals surface area contributed by atoms with Gasteiger partial charge in [0.25, 0.3) is 0 Å². The van der Waals surface area contributed by atoms with Gasteiger partial charge in [-0.2, -0.15) is 0 Å². The second-order valence-electron chi connectivity index (χ2n) is 7.25. The summed E-state index contributed by atoms with van der Waals surface area (Å²) in [4.78, 5) is 11.7. The van der Waals surface area contributed by atoms with Crippen LogP contribution in [0.4, 0.5) is 5.13 Å². The van der Waals surface area contributed by atoms with Gasteiger partial charge in [0.2, 0.25) is 0 Å². The molecule has 2 fully saturated rings. The number of rotatable bonds is 5. The Balaban J connectivity index is 1.42. The molecule has 1 aromatic rings. The maximum atomic E-state index is 10.4. The number of nitrogens with zero attached hydrogens (tertiary/aromatic N) is 4. The van der Waals surface area contributed by atoms with Crippen molar-refractivity contribution >= 4 is 16.5 Å². The van der Waals surface area contributed by atoms with Gasteiger partial charge in [-0.25, -0.2) is 4.98 Å². The molecule has 0 saturated carbocycles. The molecule has 2 saturated heterocycles. The number of piperidine rings is 1. The Bertz CT molecular complexity index is 461. The van der Waals surface area contributed by atoms with Crippen molar-refractivity contribution in [3.8, 4) is 0 Å². The number of β-amino-alcohol motifs (C(OH)–C–C–N with tert-alkyl or cyclic N) is 1. The lowest BCUT2D eigenvalue weighted by molar-refractivity contribution is 0.0564. The minimum Gasteiger partial charge on any atom is -0.390 e. The van der Waals surface area contributed by atoms with E-state index in [1.807, 2.05) is 11.6 Å². The summed E-state index contributed by atoms with van der Waals surface area (Å²) in [6, 6.07) is 0.456. The minimum atomic E-state index is -0.234. The van der Waals surface area contributed by atoms with Gasteiger partial charge in [-0.3, -0.25) is 4.90 Å². The molecule has 1 N–H and O–H groups in total. The Morgan fingerprint density at radius 1 is 1.17 bits per heavy atom. The van der Waals surface area contributed by atoms with E-state index in [1.165, 1.54) is 12.8 Å². The maximum absolute atomic E-state index is 10.4. The zero-order valence-corrected chi connectivity index (χ0v) is 15.2. The second kappa shape index (κ2) is 7.92. The van der Waals surface area contributed by atoms with Crippen molar-refractivity contribution in [3.63, 3.8) is 0 Å². The van der Waals surface area contributed by atoms with Crippen LogP contribution in [0.2, 0.25) is 0 Å². The lowest BCUT2D eigenvalue weighted by Crippen LogP contribution is -2.54. The average molecular weight is 339 g/mol. The molecule has 2 atom stereocenters. The number of anilines is 1. The Morgan fingerprint density at radius 3 is 2.57 bits per heavy atom. The quantitative estimate of drug-likeness (QED) is 0.886. The van der Waals surface area contributed by atoms with Crippen molar-refractivity contribution in [2.24, 2.45) is 5.92 Å². The fourth-order valence-corrected chi connectivity index (χ4v) is 4.51. The van der Waals surface area contributed by atoms with E-state index in [0.717, 1.165) is 56.9 Å². The zero-order chi connectivity index (χ0) is 16.2. The summed E-state index contributed by atoms with van der Waals surface area (Å²) in [5.74, 6) is 0.850. The fourth-order valence-electron chi connectivity index (χ4n) is 3.74. The summed E-state index contributed by atoms with van der Waals surface area (Å²) < 4.78 is 0. The molecule has 0 aromatic carbocycles. The monoisotopic (exact) mass is 338 g/mol. The summed E-state index contributed by atoms with van der Waals surface area (Å²) in [5.41, 5.74) is 0. The van der Waals surface area contributed by atoms with E-state index >= 15 is 0 Å². The lowest BCUT2D eigenvalue weighted by Gasteiger charge is -2.41. The third kappa shape index (κ3) is 4.66. The summed E-state index contributed by atoms with van der Waals surface area (Å²) in [5, 5.41) is 13.6. The molecular formula is C17H30N4OS. The smallest absolute Gasteiger partial charge is 0.185 e. The molecule has 23 heavy (non-hydrogen) atoms. The Morgan fingerprint density at radius 2 is 1.91 bits per heavy atom. The molecule has 2 aliphatic heterocycles. The standard InChI is InChI=1S/C17H30N4OS/c1-14-3-6-19(7-4-14)12-16(22)13-20-8-9-21(15(2)11-20)17-18-5-10-23-17/h5,10,14-16,22H,3-4,6-9,11-13H2,1-2H3/t15-,16-/m0/s1. The number of hydrogen-bond acceptors (Lipinski definition) is 6. The van der Waals surface area contributed by atoms with E-state index in [-0.39, 0.29) is 6.10 Å². The molecule has 0 unspecified atom stereocenters. The molecule has 130 valence electrons. The fraction of sp³-hybridized carbons (Fsp3) is 0.824. The third-order valence-corrected chi connectivity index (χ3v) is 6.00. The van der Waals surface area contributed by atoms with Crippen LogP contribution in [0.5, 0.6) is 0 Å². The highest BCUT2D eigenvalue weighted by molar-refractivity contribution is 7.13. The molecule has 3 heterocycles. The van der Waals surface area contributed by atoms with Gasteiger partial charge in [-0.1, -0.05) is 6.92 Å². The van der Waals surface area contributed by atoms with Crippen molar-refractivity contribution in [2.45, 2.75) is 38.8 Å². The topological polar surface area (TPSA) is 42.8 Å². The number of likely N-dealkylation sites (tertiary alicyclic amines) is 1. The molecule has 1 aromatic heterocycles. The number of aromatic nitrogens is 1. The first-order valence-corrected chi connectivity index (χ1v) is 9.78. The van der Waals surface area contributed by atoms with Crippen LogP contribution < -0.4 is 4.90 Å². The highest BCUT2D eigenvalue weighted by Crippen LogP contribution is 2.23. The number of aliphatic hydroxyl groups is 1. The molecule has 5 nitrogen and oxygen atoms in total. The van der Waals surface area contributed by atoms with Crippen LogP contribution in [0.3, 0.4) is 0 Å². The van der Waals surface area contributed by atoms with Crippen LogP contribution in [0, 0.1) is 5.92 Å². The number of hydrogen-bond donors (Lipinski definition) is 1. The lowest BCUT2D eigenvalue weighted by atomic mass is 9.99. The van der Waals surface area contributed by atoms with Crippen LogP contribution in [-0.2, 0) is 0 Å². The van der Waals surface area contributed by atoms with E-state index < -0.39 is 0 Å². The molecule has 0 radical (unpaired) electrons. The summed E-state index contributed by atoms with van der Waals surface area (Å²) in [6.45, 7) is 11.5. The minimum absolute atomic E-state index is 0.234. The van der Waals surface area contributed by atoms with E-state index in [4.69, 9.17) is 0 Å². The zero-order valence-electron chi connectivity index (χ0n) is 14.4. The summed E-state index contributed by atoms with van der Waals surface area (Å²) in [7, 11) is 0. The van der Waals surface area contributed by atoms with Gasteiger partial charge in [0, 0.05) is 50.3 Å². The largest absolute Gasteiger partial charge is 0.390 e. The van der Waals surface area contributed by atoms with Crippen LogP contribution in [-0.4, -0.2) is 77.8 Å². The predicted octanol–water partition coefficient (Wildman–Crippen LogP) is 1.75. The maximum Gasteiger partial charge on any atom is 0.185 e. The first-order chi connectivity index (χ1) is 11.1. The van der Waals surface area contributed by atoms with Crippen LogP contribution in [0.15, 0.2) is 11.6 Å². The molecule has 0 aliphatic carbocycles. The van der Waals surface area contributed by atoms with Gasteiger partial charge in [-0.15, -0.1) is 11.3 Å². The first kappa shape index (κ1) is 17.1. The van der Waals surface area contributed by atoms with Crippen LogP contribution >= 0.6 is 11.3 Å². The highest BCUT2D eigenvalue weighted by Gasteiger charge is 2.27. The first-order valence-electron chi connectivity index (χ1n) is 8.90. The van der Waals surface area contributed by atoms with E-state index in [2.05, 4.69) is 33.5 Å². The molecule has 0 amide bonds. The van der Waals surface area contributed by atoms with Gasteiger partial charge in [0.05, 0.1) is 6.10 Å². The molecule has 0 spiro atoms. The average Bonchev–Trinajstić information content (AvgIpc) is 3.04. The molecule has 6 heteroatoms. The Hall–Kier alpha value is -0.690. The van der Waals surface area contributed by atoms with Crippen molar-refractivity contribution in [1.29, 1.82) is 0 Å². The molecule has 0 bridgehead atoms. The predicted molar refractivity (Wildman–Crippen MR) is 96.2 cm³/mol. The van der Waals surface area contributed by atoms with Crippen molar-refractivity contribution in [1.82, 2.24) is 14.8 Å². The normalized spacial score (nSPS) is 26.6. The van der Waals surface area contributed by atoms with Gasteiger partial charge >= 0.3 is 0 Å². The SMILES string of the molecule is CC1CCN(C[C@H](O)CN2CCN(c3nccs3)[C@@H](C)C2)CC1. The molecule has 3 rings (SSSR count). The van der Waals surface area contributed by atoms with Gasteiger partial charge in [0.1, 0.15) is 0 Å². The Labute approximate surface area is 143 Å². The van der Waals surface area contributed by atoms with E-state index in [9.17, 15) is 5.11 Å². The summed E-state index contributed by atoms with van der Waals surface area (Å²) >= 11 is 1.71. The van der Waals surface area contributed by atoms with E-state index in [0.29, 0.717) is 6.04 Å². The van der Waals surface area contributed by atoms with Gasteiger partial charge in [-0.05, 0) is 38.8 Å². The highest BCUT2D eigenvalue weighted by atomic mass is 32.1. The molecule has 2 aliphatic rings.